The van der Waals surface area contributed by atoms with Crippen LogP contribution >= 0.6 is 11.3 Å². The van der Waals surface area contributed by atoms with Crippen molar-refractivity contribution in [2.24, 2.45) is 12.8 Å². The number of aryl methyl sites for hydroxylation is 3. The van der Waals surface area contributed by atoms with Crippen molar-refractivity contribution < 1.29 is 9.59 Å². The molecule has 0 fully saturated rings. The Hall–Kier alpha value is -2.15. The fourth-order valence-electron chi connectivity index (χ4n) is 3.42. The van der Waals surface area contributed by atoms with Crippen molar-refractivity contribution in [1.82, 2.24) is 9.78 Å². The van der Waals surface area contributed by atoms with Crippen LogP contribution < -0.4 is 11.1 Å². The molecular weight excluding hydrogens is 324 g/mol. The van der Waals surface area contributed by atoms with Crippen LogP contribution in [0.1, 0.15) is 57.7 Å². The fraction of sp³-hybridized carbons (Fsp3) is 0.471. The highest BCUT2D eigenvalue weighted by Gasteiger charge is 2.30. The molecule has 2 heterocycles. The van der Waals surface area contributed by atoms with Gasteiger partial charge in [-0.3, -0.25) is 14.3 Å². The van der Waals surface area contributed by atoms with Crippen LogP contribution in [0.2, 0.25) is 0 Å². The van der Waals surface area contributed by atoms with E-state index in [0.717, 1.165) is 47.4 Å². The summed E-state index contributed by atoms with van der Waals surface area (Å²) in [6.07, 6.45) is 5.37. The number of thiophene rings is 1. The molecule has 1 atom stereocenters. The number of amides is 2. The molecule has 2 amide bonds. The average Bonchev–Trinajstić information content (AvgIpc) is 3.05. The standard InChI is InChI=1S/C17H22N4O2S/c1-4-13-9(2)14(15(18)22)17(24-13)19-16(23)10-6-5-7-12-11(10)8-21(3)20-12/h8,10H,4-7H2,1-3H3,(H2,18,22)(H,19,23)/t10-/m0/s1. The largest absolute Gasteiger partial charge is 0.365 e. The molecule has 3 N–H and O–H groups in total. The van der Waals surface area contributed by atoms with E-state index in [1.807, 2.05) is 27.1 Å². The van der Waals surface area contributed by atoms with Gasteiger partial charge in [-0.25, -0.2) is 0 Å². The van der Waals surface area contributed by atoms with Gasteiger partial charge in [0.25, 0.3) is 5.91 Å². The van der Waals surface area contributed by atoms with E-state index in [1.165, 1.54) is 11.3 Å². The van der Waals surface area contributed by atoms with Gasteiger partial charge in [-0.1, -0.05) is 6.92 Å². The number of nitrogens with two attached hydrogens (primary N) is 1. The molecule has 0 saturated heterocycles. The Kier molecular flexibility index (Phi) is 4.45. The predicted octanol–water partition coefficient (Wildman–Crippen LogP) is 2.51. The summed E-state index contributed by atoms with van der Waals surface area (Å²) in [5.41, 5.74) is 8.82. The van der Waals surface area contributed by atoms with Crippen molar-refractivity contribution in [1.29, 1.82) is 0 Å². The normalized spacial score (nSPS) is 16.7. The lowest BCUT2D eigenvalue weighted by Gasteiger charge is -2.20. The molecule has 6 nitrogen and oxygen atoms in total. The van der Waals surface area contributed by atoms with Crippen LogP contribution in [-0.4, -0.2) is 21.6 Å². The van der Waals surface area contributed by atoms with E-state index < -0.39 is 5.91 Å². The highest BCUT2D eigenvalue weighted by molar-refractivity contribution is 7.17. The zero-order valence-electron chi connectivity index (χ0n) is 14.2. The Morgan fingerprint density at radius 3 is 2.92 bits per heavy atom. The summed E-state index contributed by atoms with van der Waals surface area (Å²) in [6, 6.07) is 0. The molecule has 0 saturated carbocycles. The van der Waals surface area contributed by atoms with Crippen LogP contribution in [0.4, 0.5) is 5.00 Å². The van der Waals surface area contributed by atoms with E-state index in [9.17, 15) is 9.59 Å². The Balaban J connectivity index is 1.90. The molecule has 0 aromatic carbocycles. The number of hydrogen-bond acceptors (Lipinski definition) is 4. The van der Waals surface area contributed by atoms with Crippen LogP contribution in [0, 0.1) is 6.92 Å². The molecule has 128 valence electrons. The van der Waals surface area contributed by atoms with Crippen molar-refractivity contribution in [2.75, 3.05) is 5.32 Å². The first-order valence-corrected chi connectivity index (χ1v) is 8.99. The zero-order valence-corrected chi connectivity index (χ0v) is 15.0. The van der Waals surface area contributed by atoms with E-state index in [0.29, 0.717) is 10.6 Å². The lowest BCUT2D eigenvalue weighted by atomic mass is 9.86. The maximum atomic E-state index is 12.8. The molecule has 1 aliphatic carbocycles. The number of nitrogens with one attached hydrogen (secondary N) is 1. The average molecular weight is 346 g/mol. The van der Waals surface area contributed by atoms with E-state index in [2.05, 4.69) is 10.4 Å². The maximum absolute atomic E-state index is 12.8. The zero-order chi connectivity index (χ0) is 17.4. The fourth-order valence-corrected chi connectivity index (χ4v) is 4.57. The van der Waals surface area contributed by atoms with Crippen molar-refractivity contribution >= 4 is 28.2 Å². The highest BCUT2D eigenvalue weighted by atomic mass is 32.1. The number of fused-ring (bicyclic) bond motifs is 1. The first kappa shape index (κ1) is 16.7. The SMILES string of the molecule is CCc1sc(NC(=O)[C@H]2CCCc3nn(C)cc32)c(C(N)=O)c1C. The second-order valence-electron chi connectivity index (χ2n) is 6.21. The van der Waals surface area contributed by atoms with Crippen molar-refractivity contribution in [2.45, 2.75) is 45.4 Å². The summed E-state index contributed by atoms with van der Waals surface area (Å²) >= 11 is 1.44. The first-order valence-electron chi connectivity index (χ1n) is 8.17. The van der Waals surface area contributed by atoms with E-state index in [4.69, 9.17) is 5.73 Å². The monoisotopic (exact) mass is 346 g/mol. The topological polar surface area (TPSA) is 90.0 Å². The van der Waals surface area contributed by atoms with Crippen LogP contribution in [0.3, 0.4) is 0 Å². The minimum Gasteiger partial charge on any atom is -0.365 e. The number of rotatable bonds is 4. The van der Waals surface area contributed by atoms with Gasteiger partial charge in [0.2, 0.25) is 5.91 Å². The third-order valence-corrected chi connectivity index (χ3v) is 5.94. The van der Waals surface area contributed by atoms with Crippen molar-refractivity contribution in [3.8, 4) is 0 Å². The second-order valence-corrected chi connectivity index (χ2v) is 7.32. The second kappa shape index (κ2) is 6.39. The highest BCUT2D eigenvalue weighted by Crippen LogP contribution is 2.36. The summed E-state index contributed by atoms with van der Waals surface area (Å²) in [7, 11) is 1.87. The summed E-state index contributed by atoms with van der Waals surface area (Å²) in [4.78, 5) is 25.7. The van der Waals surface area contributed by atoms with Crippen LogP contribution in [-0.2, 0) is 24.7 Å². The summed E-state index contributed by atoms with van der Waals surface area (Å²) in [6.45, 7) is 3.91. The molecule has 2 aromatic rings. The molecule has 0 aliphatic heterocycles. The Morgan fingerprint density at radius 2 is 2.25 bits per heavy atom. The maximum Gasteiger partial charge on any atom is 0.251 e. The van der Waals surface area contributed by atoms with Crippen LogP contribution in [0.25, 0.3) is 0 Å². The summed E-state index contributed by atoms with van der Waals surface area (Å²) < 4.78 is 1.76. The van der Waals surface area contributed by atoms with Crippen molar-refractivity contribution in [3.63, 3.8) is 0 Å². The third kappa shape index (κ3) is 2.84. The number of carbonyl (C=O) groups is 2. The molecule has 0 spiro atoms. The number of carbonyl (C=O) groups excluding carboxylic acids is 2. The first-order chi connectivity index (χ1) is 11.4. The molecule has 0 radical (unpaired) electrons. The molecule has 1 aliphatic rings. The van der Waals surface area contributed by atoms with Gasteiger partial charge >= 0.3 is 0 Å². The van der Waals surface area contributed by atoms with Gasteiger partial charge in [-0.2, -0.15) is 5.10 Å². The van der Waals surface area contributed by atoms with E-state index in [1.54, 1.807) is 4.68 Å². The molecule has 3 rings (SSSR count). The number of primary amides is 1. The van der Waals surface area contributed by atoms with Crippen molar-refractivity contribution in [3.05, 3.63) is 33.5 Å². The lowest BCUT2D eigenvalue weighted by Crippen LogP contribution is -2.25. The van der Waals surface area contributed by atoms with Gasteiger partial charge in [-0.15, -0.1) is 11.3 Å². The minimum atomic E-state index is -0.496. The lowest BCUT2D eigenvalue weighted by molar-refractivity contribution is -0.117. The van der Waals surface area contributed by atoms with Gasteiger partial charge in [0, 0.05) is 23.7 Å². The van der Waals surface area contributed by atoms with E-state index >= 15 is 0 Å². The van der Waals surface area contributed by atoms with Gasteiger partial charge in [0.1, 0.15) is 5.00 Å². The minimum absolute atomic E-state index is 0.0876. The van der Waals surface area contributed by atoms with Crippen LogP contribution in [0.5, 0.6) is 0 Å². The number of aromatic nitrogens is 2. The van der Waals surface area contributed by atoms with Gasteiger partial charge in [-0.05, 0) is 38.2 Å². The van der Waals surface area contributed by atoms with Gasteiger partial charge in [0.05, 0.1) is 17.2 Å². The number of anilines is 1. The molecule has 7 heteroatoms. The number of hydrogen-bond donors (Lipinski definition) is 2. The Labute approximate surface area is 145 Å². The molecule has 2 aromatic heterocycles. The molecular formula is C17H22N4O2S. The summed E-state index contributed by atoms with van der Waals surface area (Å²) in [5, 5.41) is 7.95. The van der Waals surface area contributed by atoms with Crippen LogP contribution in [0.15, 0.2) is 6.20 Å². The molecule has 0 bridgehead atoms. The quantitative estimate of drug-likeness (QED) is 0.891. The smallest absolute Gasteiger partial charge is 0.251 e. The Bertz CT molecular complexity index is 806. The predicted molar refractivity (Wildman–Crippen MR) is 94.5 cm³/mol. The summed E-state index contributed by atoms with van der Waals surface area (Å²) in [5.74, 6) is -0.810. The molecule has 24 heavy (non-hydrogen) atoms. The van der Waals surface area contributed by atoms with E-state index in [-0.39, 0.29) is 11.8 Å². The Morgan fingerprint density at radius 1 is 1.50 bits per heavy atom. The third-order valence-electron chi connectivity index (χ3n) is 4.59. The number of nitrogens with zero attached hydrogens (tertiary/aromatic N) is 2. The van der Waals surface area contributed by atoms with Gasteiger partial charge in [0.15, 0.2) is 0 Å². The van der Waals surface area contributed by atoms with Gasteiger partial charge < -0.3 is 11.1 Å². The molecule has 0 unspecified atom stereocenters.